The van der Waals surface area contributed by atoms with Crippen molar-refractivity contribution in [1.82, 2.24) is 19.4 Å². The van der Waals surface area contributed by atoms with Gasteiger partial charge in [-0.05, 0) is 60.1 Å². The fourth-order valence-electron chi connectivity index (χ4n) is 4.19. The van der Waals surface area contributed by atoms with Crippen molar-refractivity contribution < 1.29 is 0 Å². The van der Waals surface area contributed by atoms with Crippen LogP contribution in [-0.2, 0) is 19.4 Å². The molecule has 0 aliphatic heterocycles. The van der Waals surface area contributed by atoms with E-state index in [1.807, 2.05) is 30.0 Å². The minimum absolute atomic E-state index is 0.629. The zero-order valence-corrected chi connectivity index (χ0v) is 18.1. The normalized spacial score (nSPS) is 13.0. The second-order valence-electron chi connectivity index (χ2n) is 8.33. The Labute approximate surface area is 183 Å². The number of fused-ring (bicyclic) bond motifs is 1. The molecular formula is C25H30N6. The van der Waals surface area contributed by atoms with E-state index in [0.717, 1.165) is 55.1 Å². The van der Waals surface area contributed by atoms with Crippen LogP contribution in [0.15, 0.2) is 61.8 Å². The van der Waals surface area contributed by atoms with E-state index in [4.69, 9.17) is 11.5 Å². The average Bonchev–Trinajstić information content (AvgIpc) is 3.34. The number of pyridine rings is 1. The van der Waals surface area contributed by atoms with Crippen molar-refractivity contribution in [3.8, 4) is 5.82 Å². The molecule has 0 radical (unpaired) electrons. The third-order valence-electron chi connectivity index (χ3n) is 5.82. The second-order valence-corrected chi connectivity index (χ2v) is 8.33. The predicted octanol–water partition coefficient (Wildman–Crippen LogP) is 3.63. The van der Waals surface area contributed by atoms with Crippen LogP contribution in [0.25, 0.3) is 11.4 Å². The fraction of sp³-hybridized carbons (Fsp3) is 0.280. The summed E-state index contributed by atoms with van der Waals surface area (Å²) in [4.78, 5) is 11.1. The van der Waals surface area contributed by atoms with Crippen LogP contribution in [0.2, 0.25) is 0 Å². The number of hydrogen-bond donors (Lipinski definition) is 2. The number of imidazole rings is 1. The van der Waals surface area contributed by atoms with Crippen LogP contribution >= 0.6 is 0 Å². The number of aryl methyl sites for hydroxylation is 1. The Bertz CT molecular complexity index is 1110. The monoisotopic (exact) mass is 414 g/mol. The Morgan fingerprint density at radius 3 is 2.71 bits per heavy atom. The first-order valence-electron chi connectivity index (χ1n) is 10.6. The van der Waals surface area contributed by atoms with Crippen LogP contribution in [0.3, 0.4) is 0 Å². The summed E-state index contributed by atoms with van der Waals surface area (Å²) in [6.07, 6.45) is 8.50. The van der Waals surface area contributed by atoms with Gasteiger partial charge in [-0.25, -0.2) is 9.97 Å². The molecule has 2 aromatic heterocycles. The van der Waals surface area contributed by atoms with Crippen molar-refractivity contribution in [1.29, 1.82) is 0 Å². The van der Waals surface area contributed by atoms with Gasteiger partial charge in [0.15, 0.2) is 0 Å². The number of nitrogens with two attached hydrogens (primary N) is 2. The van der Waals surface area contributed by atoms with Crippen molar-refractivity contribution in [3.05, 3.63) is 89.8 Å². The van der Waals surface area contributed by atoms with Crippen LogP contribution in [0.5, 0.6) is 0 Å². The third-order valence-corrected chi connectivity index (χ3v) is 5.82. The second kappa shape index (κ2) is 8.78. The lowest BCUT2D eigenvalue weighted by atomic mass is 10.00. The van der Waals surface area contributed by atoms with Crippen LogP contribution in [0.1, 0.15) is 34.4 Å². The van der Waals surface area contributed by atoms with Crippen molar-refractivity contribution in [2.75, 3.05) is 18.8 Å². The molecule has 4 N–H and O–H groups in total. The molecule has 0 bridgehead atoms. The van der Waals surface area contributed by atoms with E-state index in [9.17, 15) is 0 Å². The van der Waals surface area contributed by atoms with Crippen molar-refractivity contribution in [3.63, 3.8) is 0 Å². The Kier molecular flexibility index (Phi) is 5.91. The van der Waals surface area contributed by atoms with E-state index in [2.05, 4.69) is 46.2 Å². The van der Waals surface area contributed by atoms with E-state index in [-0.39, 0.29) is 0 Å². The summed E-state index contributed by atoms with van der Waals surface area (Å²) in [6, 6.07) is 8.42. The molecule has 1 aliphatic rings. The van der Waals surface area contributed by atoms with Gasteiger partial charge in [-0.15, -0.1) is 0 Å². The number of aromatic nitrogens is 3. The maximum atomic E-state index is 6.49. The van der Waals surface area contributed by atoms with Gasteiger partial charge in [0, 0.05) is 43.4 Å². The lowest BCUT2D eigenvalue weighted by Crippen LogP contribution is -2.30. The molecule has 2 heterocycles. The summed E-state index contributed by atoms with van der Waals surface area (Å²) in [5, 5.41) is 0. The lowest BCUT2D eigenvalue weighted by molar-refractivity contribution is 0.291. The quantitative estimate of drug-likeness (QED) is 0.550. The molecule has 0 unspecified atom stereocenters. The molecule has 0 atom stereocenters. The molecule has 31 heavy (non-hydrogen) atoms. The van der Waals surface area contributed by atoms with Gasteiger partial charge in [0.05, 0.1) is 5.69 Å². The highest BCUT2D eigenvalue weighted by atomic mass is 15.1. The zero-order valence-electron chi connectivity index (χ0n) is 18.1. The molecular weight excluding hydrogens is 384 g/mol. The highest BCUT2D eigenvalue weighted by Gasteiger charge is 2.19. The standard InChI is InChI=1S/C25H30N6/c1-17-4-7-23-22(17)8-6-21(25(23)27)10-11-30(13-18(2)26)15-20-5-9-24(28-12-20)31-14-19(3)29-16-31/h5-6,8-9,12,14,16H,1-2,4,7,10-11,13,15,26-27H2,3H3. The van der Waals surface area contributed by atoms with Gasteiger partial charge < -0.3 is 11.5 Å². The number of nitrogen functional groups attached to an aromatic ring is 1. The third kappa shape index (κ3) is 4.70. The number of benzene rings is 1. The Morgan fingerprint density at radius 2 is 2.03 bits per heavy atom. The summed E-state index contributed by atoms with van der Waals surface area (Å²) in [6.45, 7) is 12.2. The van der Waals surface area contributed by atoms with Gasteiger partial charge in [0.2, 0.25) is 0 Å². The molecule has 1 aromatic carbocycles. The zero-order chi connectivity index (χ0) is 22.0. The number of hydrogen-bond acceptors (Lipinski definition) is 5. The summed E-state index contributed by atoms with van der Waals surface area (Å²) in [7, 11) is 0. The first-order valence-corrected chi connectivity index (χ1v) is 10.6. The molecule has 6 nitrogen and oxygen atoms in total. The van der Waals surface area contributed by atoms with E-state index >= 15 is 0 Å². The topological polar surface area (TPSA) is 86.0 Å². The number of allylic oxidation sites excluding steroid dienone is 1. The minimum atomic E-state index is 0.629. The first kappa shape index (κ1) is 20.9. The largest absolute Gasteiger partial charge is 0.401 e. The van der Waals surface area contributed by atoms with Gasteiger partial charge in [-0.1, -0.05) is 31.4 Å². The SMILES string of the molecule is C=C(N)CN(CCc1ccc2c(c1N)CCC2=C)Cc1ccc(-n2cnc(C)c2)nc1. The van der Waals surface area contributed by atoms with Gasteiger partial charge in [0.1, 0.15) is 12.1 Å². The average molecular weight is 415 g/mol. The van der Waals surface area contributed by atoms with E-state index in [1.54, 1.807) is 6.33 Å². The number of anilines is 1. The molecule has 0 spiro atoms. The maximum absolute atomic E-state index is 6.49. The Morgan fingerprint density at radius 1 is 1.19 bits per heavy atom. The molecule has 0 amide bonds. The van der Waals surface area contributed by atoms with Gasteiger partial charge in [-0.2, -0.15) is 0 Å². The lowest BCUT2D eigenvalue weighted by Gasteiger charge is -2.23. The first-order chi connectivity index (χ1) is 14.9. The minimum Gasteiger partial charge on any atom is -0.401 e. The summed E-state index contributed by atoms with van der Waals surface area (Å²) in [5.74, 6) is 0.853. The van der Waals surface area contributed by atoms with Gasteiger partial charge in [-0.3, -0.25) is 9.47 Å². The van der Waals surface area contributed by atoms with E-state index in [1.165, 1.54) is 22.3 Å². The van der Waals surface area contributed by atoms with E-state index in [0.29, 0.717) is 12.2 Å². The van der Waals surface area contributed by atoms with Crippen LogP contribution < -0.4 is 11.5 Å². The molecule has 0 fully saturated rings. The Hall–Kier alpha value is -3.38. The van der Waals surface area contributed by atoms with Gasteiger partial charge >= 0.3 is 0 Å². The summed E-state index contributed by atoms with van der Waals surface area (Å²) >= 11 is 0. The van der Waals surface area contributed by atoms with Crippen molar-refractivity contribution in [2.45, 2.75) is 32.7 Å². The molecule has 3 aromatic rings. The molecule has 160 valence electrons. The van der Waals surface area contributed by atoms with Crippen LogP contribution in [0, 0.1) is 6.92 Å². The summed E-state index contributed by atoms with van der Waals surface area (Å²) < 4.78 is 1.92. The molecule has 6 heteroatoms. The highest BCUT2D eigenvalue weighted by molar-refractivity contribution is 5.77. The molecule has 4 rings (SSSR count). The Balaban J connectivity index is 1.44. The molecule has 1 aliphatic carbocycles. The van der Waals surface area contributed by atoms with Crippen LogP contribution in [-0.4, -0.2) is 32.5 Å². The maximum Gasteiger partial charge on any atom is 0.137 e. The summed E-state index contributed by atoms with van der Waals surface area (Å²) in [5.41, 5.74) is 21.0. The molecule has 0 saturated heterocycles. The molecule has 0 saturated carbocycles. The van der Waals surface area contributed by atoms with Crippen LogP contribution in [0.4, 0.5) is 5.69 Å². The number of rotatable bonds is 8. The number of nitrogens with zero attached hydrogens (tertiary/aromatic N) is 4. The predicted molar refractivity (Wildman–Crippen MR) is 127 cm³/mol. The van der Waals surface area contributed by atoms with Crippen molar-refractivity contribution >= 4 is 11.3 Å². The fourth-order valence-corrected chi connectivity index (χ4v) is 4.19. The smallest absolute Gasteiger partial charge is 0.137 e. The van der Waals surface area contributed by atoms with Gasteiger partial charge in [0.25, 0.3) is 0 Å². The van der Waals surface area contributed by atoms with E-state index < -0.39 is 0 Å². The van der Waals surface area contributed by atoms with Crippen molar-refractivity contribution in [2.24, 2.45) is 5.73 Å². The highest BCUT2D eigenvalue weighted by Crippen LogP contribution is 2.36.